The second-order valence-electron chi connectivity index (χ2n) is 20.0. The van der Waals surface area contributed by atoms with Crippen molar-refractivity contribution in [2.45, 2.75) is 112 Å². The minimum atomic E-state index is -0.373. The molecule has 0 N–H and O–H groups in total. The van der Waals surface area contributed by atoms with Gasteiger partial charge >= 0.3 is 74.3 Å². The SMILES string of the molecule is Cc1cccc(C)c1N=c1oc2cc3c(cc2oc1=Nc1c(C)cccc1C)C1(CC3(C)C)CC(C)(C)c2cc3oc(=Nc4c(C)cccc4C)c(=Nc4c(C)cccc4C)oc3cc21.[Br][Ni][Br].[Cl][Pd][Cl]. The van der Waals surface area contributed by atoms with Crippen LogP contribution in [0, 0.1) is 55.4 Å². The number of fused-ring (bicyclic) bond motifs is 6. The van der Waals surface area contributed by atoms with Crippen molar-refractivity contribution in [3.8, 4) is 0 Å². The summed E-state index contributed by atoms with van der Waals surface area (Å²) in [7, 11) is 10.9. The number of nitrogens with zero attached hydrogens (tertiary/aromatic N) is 4. The van der Waals surface area contributed by atoms with Crippen molar-refractivity contribution in [1.29, 1.82) is 0 Å². The summed E-state index contributed by atoms with van der Waals surface area (Å²) in [5.74, 6) is 0. The van der Waals surface area contributed by atoms with E-state index in [2.05, 4.69) is 184 Å². The van der Waals surface area contributed by atoms with E-state index in [1.165, 1.54) is 33.2 Å². The van der Waals surface area contributed by atoms with E-state index in [9.17, 15) is 0 Å². The van der Waals surface area contributed by atoms with Crippen LogP contribution in [-0.2, 0) is 43.1 Å². The van der Waals surface area contributed by atoms with Gasteiger partial charge in [0.25, 0.3) is 22.2 Å². The molecule has 0 saturated carbocycles. The normalized spacial score (nSPS) is 17.5. The number of benzene rings is 6. The molecular formula is C57H56Br2Cl2N4NiO4Pd. The van der Waals surface area contributed by atoms with Crippen molar-refractivity contribution in [2.75, 3.05) is 0 Å². The molecule has 0 unspecified atom stereocenters. The summed E-state index contributed by atoms with van der Waals surface area (Å²) >= 11 is 5.89. The third kappa shape index (κ3) is 10.5. The van der Waals surface area contributed by atoms with Gasteiger partial charge in [-0.15, -0.1) is 0 Å². The van der Waals surface area contributed by atoms with Crippen molar-refractivity contribution in [1.82, 2.24) is 0 Å². The van der Waals surface area contributed by atoms with E-state index in [0.29, 0.717) is 44.5 Å². The monoisotopic (exact) mass is 1250 g/mol. The Morgan fingerprint density at radius 1 is 0.423 bits per heavy atom. The van der Waals surface area contributed by atoms with Gasteiger partial charge in [-0.25, -0.2) is 20.0 Å². The Hall–Kier alpha value is -4.10. The zero-order valence-corrected chi connectivity index (χ0v) is 48.9. The molecule has 0 radical (unpaired) electrons. The van der Waals surface area contributed by atoms with Gasteiger partial charge in [-0.1, -0.05) is 100 Å². The summed E-state index contributed by atoms with van der Waals surface area (Å²) in [6.07, 6.45) is 1.76. The molecule has 2 aliphatic rings. The molecule has 10 rings (SSSR count). The molecular weight excluding hydrogens is 1200 g/mol. The summed E-state index contributed by atoms with van der Waals surface area (Å²) in [6, 6.07) is 33.5. The summed E-state index contributed by atoms with van der Waals surface area (Å²) in [4.78, 5) is 20.5. The molecule has 2 heterocycles. The van der Waals surface area contributed by atoms with Crippen LogP contribution in [0.15, 0.2) is 135 Å². The molecule has 0 atom stereocenters. The Balaban J connectivity index is 0.00000107. The van der Waals surface area contributed by atoms with E-state index < -0.39 is 0 Å². The summed E-state index contributed by atoms with van der Waals surface area (Å²) < 4.78 is 27.5. The van der Waals surface area contributed by atoms with Crippen molar-refractivity contribution in [2.24, 2.45) is 20.0 Å². The zero-order chi connectivity index (χ0) is 51.2. The first-order valence-electron chi connectivity index (χ1n) is 23.1. The summed E-state index contributed by atoms with van der Waals surface area (Å²) in [5, 5.41) is 0. The number of hydrogen-bond acceptors (Lipinski definition) is 8. The second-order valence-corrected chi connectivity index (χ2v) is 27.4. The second kappa shape index (κ2) is 21.4. The van der Waals surface area contributed by atoms with Gasteiger partial charge in [-0.3, -0.25) is 0 Å². The number of aryl methyl sites for hydroxylation is 8. The molecule has 71 heavy (non-hydrogen) atoms. The first-order chi connectivity index (χ1) is 33.7. The quantitative estimate of drug-likeness (QED) is 0.164. The van der Waals surface area contributed by atoms with Crippen LogP contribution < -0.4 is 22.2 Å². The fraction of sp³-hybridized carbons (Fsp3) is 0.298. The Morgan fingerprint density at radius 3 is 0.831 bits per heavy atom. The summed E-state index contributed by atoms with van der Waals surface area (Å²) in [5.41, 5.74) is 19.6. The van der Waals surface area contributed by atoms with Crippen LogP contribution in [0.4, 0.5) is 22.7 Å². The van der Waals surface area contributed by atoms with Gasteiger partial charge in [0.1, 0.15) is 0 Å². The van der Waals surface area contributed by atoms with Crippen LogP contribution in [0.25, 0.3) is 22.3 Å². The number of para-hydroxylation sites is 4. The van der Waals surface area contributed by atoms with E-state index in [1.807, 2.05) is 24.3 Å². The van der Waals surface area contributed by atoms with E-state index in [0.717, 1.165) is 80.1 Å². The number of halogens is 4. The zero-order valence-electron chi connectivity index (χ0n) is 41.7. The van der Waals surface area contributed by atoms with Gasteiger partial charge in [0.2, 0.25) is 0 Å². The van der Waals surface area contributed by atoms with Gasteiger partial charge in [0.05, 0.1) is 22.7 Å². The van der Waals surface area contributed by atoms with Crippen LogP contribution >= 0.6 is 47.5 Å². The van der Waals surface area contributed by atoms with Crippen molar-refractivity contribution in [3.05, 3.63) is 186 Å². The van der Waals surface area contributed by atoms with Gasteiger partial charge in [0.15, 0.2) is 22.3 Å². The van der Waals surface area contributed by atoms with E-state index in [-0.39, 0.29) is 32.2 Å². The third-order valence-corrected chi connectivity index (χ3v) is 13.9. The predicted octanol–water partition coefficient (Wildman–Crippen LogP) is 16.5. The molecule has 0 bridgehead atoms. The first-order valence-corrected chi connectivity index (χ1v) is 32.0. The molecule has 0 fully saturated rings. The Kier molecular flexibility index (Phi) is 16.0. The fourth-order valence-electron chi connectivity index (χ4n) is 10.8. The molecule has 0 aliphatic heterocycles. The third-order valence-electron chi connectivity index (χ3n) is 13.9. The predicted molar refractivity (Wildman–Crippen MR) is 287 cm³/mol. The molecule has 8 aromatic rings. The average molecular weight is 1260 g/mol. The molecule has 2 aliphatic carbocycles. The van der Waals surface area contributed by atoms with Crippen LogP contribution in [0.2, 0.25) is 0 Å². The Labute approximate surface area is 451 Å². The van der Waals surface area contributed by atoms with Gasteiger partial charge < -0.3 is 17.7 Å². The molecule has 2 aromatic heterocycles. The molecule has 14 heteroatoms. The van der Waals surface area contributed by atoms with Gasteiger partial charge in [-0.05, 0) is 170 Å². The Morgan fingerprint density at radius 2 is 0.620 bits per heavy atom. The van der Waals surface area contributed by atoms with Crippen molar-refractivity contribution < 1.29 is 44.5 Å². The topological polar surface area (TPSA) is 102 Å². The van der Waals surface area contributed by atoms with Crippen LogP contribution in [-0.4, -0.2) is 0 Å². The van der Waals surface area contributed by atoms with Gasteiger partial charge in [-0.2, -0.15) is 0 Å². The molecule has 376 valence electrons. The first kappa shape index (κ1) is 53.2. The average Bonchev–Trinajstić information content (AvgIpc) is 3.66. The minimum absolute atomic E-state index is 0.106. The van der Waals surface area contributed by atoms with Gasteiger partial charge in [0, 0.05) is 5.41 Å². The molecule has 8 nitrogen and oxygen atoms in total. The summed E-state index contributed by atoms with van der Waals surface area (Å²) in [6.45, 7) is 25.9. The number of rotatable bonds is 4. The van der Waals surface area contributed by atoms with Crippen molar-refractivity contribution in [3.63, 3.8) is 0 Å². The van der Waals surface area contributed by atoms with E-state index >= 15 is 0 Å². The number of hydrogen-bond donors (Lipinski definition) is 0. The van der Waals surface area contributed by atoms with Crippen LogP contribution in [0.1, 0.15) is 107 Å². The van der Waals surface area contributed by atoms with Crippen LogP contribution in [0.5, 0.6) is 0 Å². The Bertz CT molecular complexity index is 3370. The fourth-order valence-corrected chi connectivity index (χ4v) is 10.8. The van der Waals surface area contributed by atoms with Crippen molar-refractivity contribution >= 4 is 92.6 Å². The van der Waals surface area contributed by atoms with Crippen LogP contribution in [0.3, 0.4) is 0 Å². The molecule has 1 spiro atoms. The molecule has 0 amide bonds. The van der Waals surface area contributed by atoms with E-state index in [4.69, 9.17) is 56.7 Å². The van der Waals surface area contributed by atoms with E-state index in [1.54, 1.807) is 0 Å². The maximum absolute atomic E-state index is 6.92. The molecule has 6 aromatic carbocycles. The molecule has 0 saturated heterocycles. The standard InChI is InChI=1S/C57H56N4O4.2BrH.2ClH.Ni.Pd/c1-31-17-13-18-32(2)47(31)58-51-53(60-49-35(5)21-15-22-36(49)6)64-45-27-41-39(25-43(45)62-51)55(9,10)29-57(41)30-56(11,12)40-26-44-46(28-42(40)57)65-54(61-50-37(7)23-16-24-38(50)8)52(63-44)59-48-33(3)19-14-20-34(48)4;;;;;;/h13-28H,29-30H2,1-12H3;4*1H;;/q;;;;;2*+2/p-4. The maximum atomic E-state index is 6.92.